The number of aromatic nitrogens is 4. The summed E-state index contributed by atoms with van der Waals surface area (Å²) >= 11 is 3.18. The van der Waals surface area contributed by atoms with Crippen molar-refractivity contribution in [3.05, 3.63) is 4.73 Å². The number of nitrogen functional groups attached to an aromatic ring is 1. The zero-order valence-electron chi connectivity index (χ0n) is 6.71. The van der Waals surface area contributed by atoms with Crippen molar-refractivity contribution in [2.75, 3.05) is 12.8 Å². The molecule has 13 heavy (non-hydrogen) atoms. The maximum atomic E-state index is 5.44. The lowest BCUT2D eigenvalue weighted by Gasteiger charge is -1.99. The van der Waals surface area contributed by atoms with Crippen LogP contribution in [0.4, 0.5) is 5.95 Å². The average molecular weight is 244 g/mol. The van der Waals surface area contributed by atoms with Crippen molar-refractivity contribution in [1.82, 2.24) is 19.9 Å². The van der Waals surface area contributed by atoms with E-state index in [1.54, 1.807) is 0 Å². The van der Waals surface area contributed by atoms with E-state index in [-0.39, 0.29) is 5.95 Å². The molecule has 0 saturated heterocycles. The number of hydrogen-bond acceptors (Lipinski definition) is 5. The van der Waals surface area contributed by atoms with Crippen molar-refractivity contribution in [3.63, 3.8) is 0 Å². The van der Waals surface area contributed by atoms with Crippen LogP contribution >= 0.6 is 15.9 Å². The van der Waals surface area contributed by atoms with Gasteiger partial charge in [-0.2, -0.15) is 9.97 Å². The van der Waals surface area contributed by atoms with Gasteiger partial charge in [-0.05, 0) is 15.9 Å². The van der Waals surface area contributed by atoms with Gasteiger partial charge in [0.15, 0.2) is 10.4 Å². The second-order valence-electron chi connectivity index (χ2n) is 2.32. The van der Waals surface area contributed by atoms with Gasteiger partial charge in [0.2, 0.25) is 11.8 Å². The lowest BCUT2D eigenvalue weighted by atomic mass is 10.5. The maximum Gasteiger partial charge on any atom is 0.244 e. The fourth-order valence-corrected chi connectivity index (χ4v) is 1.37. The minimum absolute atomic E-state index is 0.142. The van der Waals surface area contributed by atoms with E-state index in [0.717, 1.165) is 0 Å². The first-order chi connectivity index (χ1) is 6.20. The molecule has 2 aromatic rings. The second kappa shape index (κ2) is 2.84. The van der Waals surface area contributed by atoms with Crippen LogP contribution in [0.2, 0.25) is 0 Å². The van der Waals surface area contributed by atoms with E-state index < -0.39 is 0 Å². The number of halogens is 1. The highest BCUT2D eigenvalue weighted by Gasteiger charge is 2.10. The lowest BCUT2D eigenvalue weighted by Crippen LogP contribution is -1.98. The summed E-state index contributed by atoms with van der Waals surface area (Å²) in [5, 5.41) is 0. The number of aromatic amines is 1. The third-order valence-corrected chi connectivity index (χ3v) is 1.88. The van der Waals surface area contributed by atoms with Gasteiger partial charge in [0.05, 0.1) is 7.11 Å². The Hall–Kier alpha value is -1.37. The Labute approximate surface area is 81.7 Å². The summed E-state index contributed by atoms with van der Waals surface area (Å²) in [6.45, 7) is 0. The first-order valence-electron chi connectivity index (χ1n) is 3.43. The molecule has 0 saturated carbocycles. The van der Waals surface area contributed by atoms with Crippen molar-refractivity contribution < 1.29 is 4.74 Å². The summed E-state index contributed by atoms with van der Waals surface area (Å²) < 4.78 is 5.57. The molecule has 0 aliphatic carbocycles. The van der Waals surface area contributed by atoms with Crippen LogP contribution in [0.5, 0.6) is 5.88 Å². The molecule has 0 amide bonds. The normalized spacial score (nSPS) is 10.6. The molecule has 2 aromatic heterocycles. The summed E-state index contributed by atoms with van der Waals surface area (Å²) in [5.74, 6) is 0.532. The standard InChI is InChI=1S/C6H6BrN5O/c1-13-4-2-3(10-5(7)9-2)11-6(8)12-4/h1H3,(H3,8,9,10,11,12). The summed E-state index contributed by atoms with van der Waals surface area (Å²) in [4.78, 5) is 14.7. The number of imidazole rings is 1. The molecule has 0 radical (unpaired) electrons. The van der Waals surface area contributed by atoms with Gasteiger partial charge in [0.25, 0.3) is 0 Å². The van der Waals surface area contributed by atoms with Crippen LogP contribution in [0.25, 0.3) is 11.2 Å². The predicted molar refractivity (Wildman–Crippen MR) is 50.3 cm³/mol. The van der Waals surface area contributed by atoms with Crippen LogP contribution in [-0.4, -0.2) is 27.0 Å². The number of rotatable bonds is 1. The van der Waals surface area contributed by atoms with E-state index in [4.69, 9.17) is 10.5 Å². The monoisotopic (exact) mass is 243 g/mol. The fraction of sp³-hybridized carbons (Fsp3) is 0.167. The van der Waals surface area contributed by atoms with Gasteiger partial charge in [-0.15, -0.1) is 0 Å². The van der Waals surface area contributed by atoms with Crippen LogP contribution < -0.4 is 10.5 Å². The summed E-state index contributed by atoms with van der Waals surface area (Å²) in [7, 11) is 1.51. The molecular formula is C6H6BrN5O. The third-order valence-electron chi connectivity index (χ3n) is 1.50. The molecular weight excluding hydrogens is 238 g/mol. The number of H-pyrrole nitrogens is 1. The number of hydrogen-bond donors (Lipinski definition) is 2. The Morgan fingerprint density at radius 3 is 2.85 bits per heavy atom. The van der Waals surface area contributed by atoms with Crippen molar-refractivity contribution in [3.8, 4) is 5.88 Å². The molecule has 0 atom stereocenters. The summed E-state index contributed by atoms with van der Waals surface area (Å²) in [6.07, 6.45) is 0. The van der Waals surface area contributed by atoms with E-state index in [0.29, 0.717) is 21.8 Å². The van der Waals surface area contributed by atoms with E-state index in [1.165, 1.54) is 7.11 Å². The average Bonchev–Trinajstić information content (AvgIpc) is 2.43. The topological polar surface area (TPSA) is 89.7 Å². The van der Waals surface area contributed by atoms with Gasteiger partial charge >= 0.3 is 0 Å². The molecule has 0 spiro atoms. The molecule has 0 fully saturated rings. The summed E-state index contributed by atoms with van der Waals surface area (Å²) in [5.41, 5.74) is 6.55. The quantitative estimate of drug-likeness (QED) is 0.721. The fourth-order valence-electron chi connectivity index (χ4n) is 1.01. The van der Waals surface area contributed by atoms with Crippen LogP contribution in [0.3, 0.4) is 0 Å². The third kappa shape index (κ3) is 1.31. The highest BCUT2D eigenvalue weighted by Crippen LogP contribution is 2.22. The zero-order valence-corrected chi connectivity index (χ0v) is 8.29. The van der Waals surface area contributed by atoms with Gasteiger partial charge in [-0.1, -0.05) is 0 Å². The van der Waals surface area contributed by atoms with Crippen LogP contribution in [0, 0.1) is 0 Å². The number of ether oxygens (including phenoxy) is 1. The first kappa shape index (κ1) is 8.24. The predicted octanol–water partition coefficient (Wildman–Crippen LogP) is 0.706. The molecule has 68 valence electrons. The number of anilines is 1. The Morgan fingerprint density at radius 1 is 1.38 bits per heavy atom. The van der Waals surface area contributed by atoms with Crippen LogP contribution in [0.1, 0.15) is 0 Å². The van der Waals surface area contributed by atoms with Gasteiger partial charge in [-0.3, -0.25) is 0 Å². The maximum absolute atomic E-state index is 5.44. The van der Waals surface area contributed by atoms with Gasteiger partial charge < -0.3 is 15.5 Å². The van der Waals surface area contributed by atoms with E-state index in [2.05, 4.69) is 35.9 Å². The minimum atomic E-state index is 0.142. The molecule has 2 heterocycles. The zero-order chi connectivity index (χ0) is 9.42. The molecule has 7 heteroatoms. The minimum Gasteiger partial charge on any atom is -0.479 e. The van der Waals surface area contributed by atoms with Crippen LogP contribution in [0.15, 0.2) is 4.73 Å². The van der Waals surface area contributed by atoms with E-state index in [9.17, 15) is 0 Å². The van der Waals surface area contributed by atoms with E-state index in [1.807, 2.05) is 0 Å². The van der Waals surface area contributed by atoms with Gasteiger partial charge in [0.1, 0.15) is 5.52 Å². The largest absolute Gasteiger partial charge is 0.479 e. The number of nitrogens with two attached hydrogens (primary N) is 1. The van der Waals surface area contributed by atoms with Gasteiger partial charge in [0, 0.05) is 0 Å². The summed E-state index contributed by atoms with van der Waals surface area (Å²) in [6, 6.07) is 0. The highest BCUT2D eigenvalue weighted by atomic mass is 79.9. The Morgan fingerprint density at radius 2 is 2.15 bits per heavy atom. The molecule has 0 aliphatic heterocycles. The first-order valence-corrected chi connectivity index (χ1v) is 4.22. The second-order valence-corrected chi connectivity index (χ2v) is 3.07. The molecule has 0 unspecified atom stereocenters. The molecule has 3 N–H and O–H groups in total. The number of fused-ring (bicyclic) bond motifs is 1. The number of nitrogens with one attached hydrogen (secondary N) is 1. The number of methoxy groups -OCH3 is 1. The van der Waals surface area contributed by atoms with Crippen molar-refractivity contribution in [2.45, 2.75) is 0 Å². The highest BCUT2D eigenvalue weighted by molar-refractivity contribution is 9.10. The Bertz CT molecular complexity index is 453. The van der Waals surface area contributed by atoms with Crippen molar-refractivity contribution in [2.24, 2.45) is 0 Å². The molecule has 6 nitrogen and oxygen atoms in total. The Kier molecular flexibility index (Phi) is 1.80. The number of nitrogens with zero attached hydrogens (tertiary/aromatic N) is 3. The Balaban J connectivity index is 2.80. The van der Waals surface area contributed by atoms with E-state index >= 15 is 0 Å². The van der Waals surface area contributed by atoms with Crippen molar-refractivity contribution >= 4 is 33.0 Å². The van der Waals surface area contributed by atoms with Crippen molar-refractivity contribution in [1.29, 1.82) is 0 Å². The SMILES string of the molecule is COc1nc(N)nc2nc(Br)[nH]c12. The molecule has 0 aromatic carbocycles. The lowest BCUT2D eigenvalue weighted by molar-refractivity contribution is 0.402. The molecule has 0 bridgehead atoms. The molecule has 2 rings (SSSR count). The van der Waals surface area contributed by atoms with Crippen LogP contribution in [-0.2, 0) is 0 Å². The molecule has 0 aliphatic rings. The van der Waals surface area contributed by atoms with Gasteiger partial charge in [-0.25, -0.2) is 4.98 Å². The smallest absolute Gasteiger partial charge is 0.244 e.